The highest BCUT2D eigenvalue weighted by molar-refractivity contribution is 6.02. The van der Waals surface area contributed by atoms with Crippen LogP contribution in [0.5, 0.6) is 0 Å². The van der Waals surface area contributed by atoms with E-state index in [-0.39, 0.29) is 5.56 Å². The van der Waals surface area contributed by atoms with Crippen LogP contribution in [0.3, 0.4) is 0 Å². The van der Waals surface area contributed by atoms with E-state index < -0.39 is 29.4 Å². The highest BCUT2D eigenvalue weighted by Gasteiger charge is 2.31. The van der Waals surface area contributed by atoms with Crippen LogP contribution >= 0.6 is 0 Å². The van der Waals surface area contributed by atoms with Crippen molar-refractivity contribution in [2.75, 3.05) is 7.05 Å². The molecule has 0 saturated carbocycles. The number of aliphatic carboxylic acids is 1. The Bertz CT molecular complexity index is 1160. The van der Waals surface area contributed by atoms with E-state index in [1.165, 1.54) is 13.1 Å². The lowest BCUT2D eigenvalue weighted by molar-refractivity contribution is -0.160. The Morgan fingerprint density at radius 2 is 1.77 bits per heavy atom. The molecule has 31 heavy (non-hydrogen) atoms. The summed E-state index contributed by atoms with van der Waals surface area (Å²) in [6.07, 6.45) is -1.27. The molecular formula is C25H26FNO4. The molecule has 0 radical (unpaired) electrons. The first kappa shape index (κ1) is 22.4. The standard InChI is InChI=1S/C25H26FNO4/c1-14-10-15-8-6-7-9-19(15)21(20(14)22(24(29)30)31-25(2,3)4)16-11-17(23(28)27-5)13-18(26)12-16/h6-13,22H,1-5H3,(H,27,28)(H,29,30). The molecule has 0 aliphatic carbocycles. The average Bonchev–Trinajstić information content (AvgIpc) is 2.69. The van der Waals surface area contributed by atoms with E-state index in [0.29, 0.717) is 22.3 Å². The molecule has 3 aromatic rings. The number of rotatable bonds is 5. The molecule has 5 nitrogen and oxygen atoms in total. The average molecular weight is 423 g/mol. The van der Waals surface area contributed by atoms with Crippen LogP contribution in [0, 0.1) is 12.7 Å². The first-order valence-corrected chi connectivity index (χ1v) is 9.97. The molecular weight excluding hydrogens is 397 g/mol. The molecule has 3 aromatic carbocycles. The molecule has 0 aliphatic rings. The SMILES string of the molecule is CNC(=O)c1cc(F)cc(-c2c(C(OC(C)(C)C)C(=O)O)c(C)cc3ccccc23)c1. The number of carbonyl (C=O) groups is 2. The van der Waals surface area contributed by atoms with Crippen molar-refractivity contribution < 1.29 is 23.8 Å². The number of halogens is 1. The molecule has 6 heteroatoms. The lowest BCUT2D eigenvalue weighted by atomic mass is 9.86. The Morgan fingerprint density at radius 1 is 1.10 bits per heavy atom. The Labute approximate surface area is 180 Å². The van der Waals surface area contributed by atoms with E-state index in [1.807, 2.05) is 37.3 Å². The van der Waals surface area contributed by atoms with E-state index in [2.05, 4.69) is 5.32 Å². The molecule has 2 N–H and O–H groups in total. The molecule has 0 heterocycles. The molecule has 0 bridgehead atoms. The van der Waals surface area contributed by atoms with Crippen LogP contribution in [-0.2, 0) is 9.53 Å². The van der Waals surface area contributed by atoms with Gasteiger partial charge in [0.1, 0.15) is 5.82 Å². The maximum Gasteiger partial charge on any atom is 0.337 e. The van der Waals surface area contributed by atoms with E-state index in [9.17, 15) is 19.1 Å². The summed E-state index contributed by atoms with van der Waals surface area (Å²) in [5, 5.41) is 14.2. The van der Waals surface area contributed by atoms with Crippen LogP contribution in [0.1, 0.15) is 48.4 Å². The van der Waals surface area contributed by atoms with Gasteiger partial charge in [-0.25, -0.2) is 9.18 Å². The number of nitrogens with one attached hydrogen (secondary N) is 1. The number of fused-ring (bicyclic) bond motifs is 1. The first-order chi connectivity index (χ1) is 14.5. The van der Waals surface area contributed by atoms with Crippen molar-refractivity contribution in [2.45, 2.75) is 39.4 Å². The predicted octanol–water partition coefficient (Wildman–Crippen LogP) is 5.25. The van der Waals surface area contributed by atoms with Gasteiger partial charge in [0.2, 0.25) is 0 Å². The minimum Gasteiger partial charge on any atom is -0.479 e. The summed E-state index contributed by atoms with van der Waals surface area (Å²) in [6.45, 7) is 7.16. The minimum atomic E-state index is -1.27. The highest BCUT2D eigenvalue weighted by Crippen LogP contribution is 2.41. The number of benzene rings is 3. The van der Waals surface area contributed by atoms with Crippen LogP contribution in [0.2, 0.25) is 0 Å². The summed E-state index contributed by atoms with van der Waals surface area (Å²) in [7, 11) is 1.47. The van der Waals surface area contributed by atoms with Crippen molar-refractivity contribution in [3.63, 3.8) is 0 Å². The Kier molecular flexibility index (Phi) is 6.13. The van der Waals surface area contributed by atoms with Crippen molar-refractivity contribution in [1.29, 1.82) is 0 Å². The van der Waals surface area contributed by atoms with E-state index >= 15 is 0 Å². The van der Waals surface area contributed by atoms with Gasteiger partial charge in [-0.3, -0.25) is 4.79 Å². The van der Waals surface area contributed by atoms with Gasteiger partial charge in [0, 0.05) is 18.2 Å². The largest absolute Gasteiger partial charge is 0.479 e. The zero-order valence-electron chi connectivity index (χ0n) is 18.2. The van der Waals surface area contributed by atoms with Gasteiger partial charge in [0.05, 0.1) is 5.60 Å². The van der Waals surface area contributed by atoms with Gasteiger partial charge in [-0.05, 0) is 73.4 Å². The van der Waals surface area contributed by atoms with Gasteiger partial charge in [-0.15, -0.1) is 0 Å². The second-order valence-electron chi connectivity index (χ2n) is 8.46. The maximum absolute atomic E-state index is 14.5. The van der Waals surface area contributed by atoms with Crippen LogP contribution < -0.4 is 5.32 Å². The fourth-order valence-electron chi connectivity index (χ4n) is 3.75. The fourth-order valence-corrected chi connectivity index (χ4v) is 3.75. The summed E-state index contributed by atoms with van der Waals surface area (Å²) in [5.41, 5.74) is 1.52. The van der Waals surface area contributed by atoms with Crippen molar-refractivity contribution in [2.24, 2.45) is 0 Å². The number of amides is 1. The van der Waals surface area contributed by atoms with E-state index in [1.54, 1.807) is 26.8 Å². The second kappa shape index (κ2) is 8.47. The third-order valence-corrected chi connectivity index (χ3v) is 4.93. The summed E-state index contributed by atoms with van der Waals surface area (Å²) in [6, 6.07) is 13.4. The molecule has 0 saturated heterocycles. The Hall–Kier alpha value is -3.25. The zero-order chi connectivity index (χ0) is 22.9. The van der Waals surface area contributed by atoms with Gasteiger partial charge in [0.15, 0.2) is 6.10 Å². The van der Waals surface area contributed by atoms with Gasteiger partial charge < -0.3 is 15.2 Å². The van der Waals surface area contributed by atoms with Crippen LogP contribution in [0.4, 0.5) is 4.39 Å². The summed E-state index contributed by atoms with van der Waals surface area (Å²) in [5.74, 6) is -2.16. The smallest absolute Gasteiger partial charge is 0.337 e. The van der Waals surface area contributed by atoms with E-state index in [4.69, 9.17) is 4.74 Å². The Morgan fingerprint density at radius 3 is 2.39 bits per heavy atom. The molecule has 1 amide bonds. The summed E-state index contributed by atoms with van der Waals surface area (Å²) < 4.78 is 20.5. The molecule has 0 aromatic heterocycles. The third-order valence-electron chi connectivity index (χ3n) is 4.93. The number of hydrogen-bond acceptors (Lipinski definition) is 3. The zero-order valence-corrected chi connectivity index (χ0v) is 18.2. The first-order valence-electron chi connectivity index (χ1n) is 9.97. The normalized spacial score (nSPS) is 12.6. The highest BCUT2D eigenvalue weighted by atomic mass is 19.1. The van der Waals surface area contributed by atoms with Crippen molar-refractivity contribution in [3.8, 4) is 11.1 Å². The van der Waals surface area contributed by atoms with Crippen molar-refractivity contribution in [3.05, 3.63) is 71.0 Å². The third kappa shape index (κ3) is 4.75. The lowest BCUT2D eigenvalue weighted by Gasteiger charge is -2.28. The number of carboxylic acids is 1. The number of carbonyl (C=O) groups excluding carboxylic acids is 1. The van der Waals surface area contributed by atoms with Crippen LogP contribution in [0.25, 0.3) is 21.9 Å². The monoisotopic (exact) mass is 423 g/mol. The molecule has 3 rings (SSSR count). The summed E-state index contributed by atoms with van der Waals surface area (Å²) in [4.78, 5) is 24.5. The number of hydrogen-bond donors (Lipinski definition) is 2. The molecule has 0 fully saturated rings. The molecule has 162 valence electrons. The second-order valence-corrected chi connectivity index (χ2v) is 8.46. The van der Waals surface area contributed by atoms with Crippen LogP contribution in [-0.4, -0.2) is 29.6 Å². The van der Waals surface area contributed by atoms with Crippen LogP contribution in [0.15, 0.2) is 48.5 Å². The van der Waals surface area contributed by atoms with Gasteiger partial charge in [-0.1, -0.05) is 30.3 Å². The topological polar surface area (TPSA) is 75.6 Å². The van der Waals surface area contributed by atoms with Crippen molar-refractivity contribution >= 4 is 22.6 Å². The number of carboxylic acid groups (broad SMARTS) is 1. The molecule has 0 spiro atoms. The number of ether oxygens (including phenoxy) is 1. The summed E-state index contributed by atoms with van der Waals surface area (Å²) >= 11 is 0. The maximum atomic E-state index is 14.5. The lowest BCUT2D eigenvalue weighted by Crippen LogP contribution is -2.28. The fraction of sp³-hybridized carbons (Fsp3) is 0.280. The molecule has 0 aliphatic heterocycles. The van der Waals surface area contributed by atoms with Gasteiger partial charge in [0.25, 0.3) is 5.91 Å². The van der Waals surface area contributed by atoms with Crippen molar-refractivity contribution in [1.82, 2.24) is 5.32 Å². The molecule has 1 unspecified atom stereocenters. The number of aryl methyl sites for hydroxylation is 1. The Balaban J connectivity index is 2.42. The molecule has 1 atom stereocenters. The quantitative estimate of drug-likeness (QED) is 0.587. The minimum absolute atomic E-state index is 0.151. The van der Waals surface area contributed by atoms with Gasteiger partial charge in [-0.2, -0.15) is 0 Å². The van der Waals surface area contributed by atoms with Gasteiger partial charge >= 0.3 is 5.97 Å². The predicted molar refractivity (Wildman–Crippen MR) is 119 cm³/mol. The van der Waals surface area contributed by atoms with E-state index in [0.717, 1.165) is 16.8 Å².